The Labute approximate surface area is 244 Å². The first kappa shape index (κ1) is 28.7. The van der Waals surface area contributed by atoms with Crippen LogP contribution in [-0.4, -0.2) is 71.5 Å². The molecule has 1 aliphatic heterocycles. The summed E-state index contributed by atoms with van der Waals surface area (Å²) in [6, 6.07) is 14.6. The van der Waals surface area contributed by atoms with Crippen LogP contribution in [0.15, 0.2) is 65.7 Å². The Balaban J connectivity index is 1.33. The minimum atomic E-state index is -0.520. The first-order valence-corrected chi connectivity index (χ1v) is 13.8. The van der Waals surface area contributed by atoms with Crippen LogP contribution in [0.1, 0.15) is 26.3 Å². The van der Waals surface area contributed by atoms with Gasteiger partial charge in [-0.1, -0.05) is 0 Å². The molecule has 0 bridgehead atoms. The lowest BCUT2D eigenvalue weighted by atomic mass is 10.1. The van der Waals surface area contributed by atoms with Gasteiger partial charge in [-0.25, -0.2) is 14.8 Å². The standard InChI is InChI=1S/C31H36N6O5/c1-31(2,3)42-30(39)36-16-14-35(15-17-36)22-10-12-32-28(18-22)33-27-9-8-24-25(38)11-13-37(29(24)34-27)20-21-6-7-23(40-4)19-26(21)41-5/h6-13,18-19H,14-17,20H2,1-5H3,(H,32,33,34). The molecule has 1 saturated heterocycles. The van der Waals surface area contributed by atoms with Crippen molar-refractivity contribution in [2.75, 3.05) is 50.6 Å². The molecule has 4 aromatic rings. The van der Waals surface area contributed by atoms with Gasteiger partial charge in [0.2, 0.25) is 0 Å². The van der Waals surface area contributed by atoms with E-state index in [2.05, 4.69) is 15.2 Å². The summed E-state index contributed by atoms with van der Waals surface area (Å²) in [5.41, 5.74) is 1.82. The fourth-order valence-corrected chi connectivity index (χ4v) is 4.83. The Hall–Kier alpha value is -4.80. The third kappa shape index (κ3) is 6.56. The SMILES string of the molecule is COc1ccc(Cn2ccc(=O)c3ccc(Nc4cc(N5CCN(C(=O)OC(C)(C)C)CC5)ccn4)nc32)c(OC)c1. The van der Waals surface area contributed by atoms with E-state index in [-0.39, 0.29) is 11.5 Å². The maximum absolute atomic E-state index is 12.6. The molecular weight excluding hydrogens is 536 g/mol. The van der Waals surface area contributed by atoms with Gasteiger partial charge in [-0.15, -0.1) is 0 Å². The summed E-state index contributed by atoms with van der Waals surface area (Å²) in [6.07, 6.45) is 3.19. The number of carbonyl (C=O) groups excluding carboxylic acids is 1. The van der Waals surface area contributed by atoms with Crippen molar-refractivity contribution in [1.29, 1.82) is 0 Å². The van der Waals surface area contributed by atoms with E-state index in [9.17, 15) is 9.59 Å². The summed E-state index contributed by atoms with van der Waals surface area (Å²) in [7, 11) is 3.23. The van der Waals surface area contributed by atoms with Crippen molar-refractivity contribution in [3.05, 3.63) is 76.7 Å². The van der Waals surface area contributed by atoms with Crippen LogP contribution in [0.3, 0.4) is 0 Å². The first-order chi connectivity index (χ1) is 20.1. The lowest BCUT2D eigenvalue weighted by molar-refractivity contribution is 0.0240. The average Bonchev–Trinajstić information content (AvgIpc) is 2.98. The van der Waals surface area contributed by atoms with Crippen molar-refractivity contribution in [1.82, 2.24) is 19.4 Å². The van der Waals surface area contributed by atoms with Crippen molar-refractivity contribution in [3.8, 4) is 11.5 Å². The zero-order valence-electron chi connectivity index (χ0n) is 24.6. The van der Waals surface area contributed by atoms with Crippen molar-refractivity contribution < 1.29 is 19.0 Å². The van der Waals surface area contributed by atoms with E-state index in [1.807, 2.05) is 55.7 Å². The van der Waals surface area contributed by atoms with Crippen LogP contribution < -0.4 is 25.1 Å². The van der Waals surface area contributed by atoms with Crippen LogP contribution >= 0.6 is 0 Å². The quantitative estimate of drug-likeness (QED) is 0.338. The lowest BCUT2D eigenvalue weighted by Gasteiger charge is -2.36. The van der Waals surface area contributed by atoms with Gasteiger partial charge in [0.15, 0.2) is 5.43 Å². The summed E-state index contributed by atoms with van der Waals surface area (Å²) < 4.78 is 18.3. The molecule has 1 amide bonds. The van der Waals surface area contributed by atoms with Crippen molar-refractivity contribution in [2.24, 2.45) is 0 Å². The maximum Gasteiger partial charge on any atom is 0.410 e. The highest BCUT2D eigenvalue weighted by atomic mass is 16.6. The molecule has 0 saturated carbocycles. The molecule has 11 heteroatoms. The topological polar surface area (TPSA) is 111 Å². The van der Waals surface area contributed by atoms with Gasteiger partial charge in [-0.3, -0.25) is 4.79 Å². The maximum atomic E-state index is 12.6. The second kappa shape index (κ2) is 12.0. The van der Waals surface area contributed by atoms with Crippen LogP contribution in [-0.2, 0) is 11.3 Å². The van der Waals surface area contributed by atoms with Gasteiger partial charge < -0.3 is 33.9 Å². The number of fused-ring (bicyclic) bond motifs is 1. The van der Waals surface area contributed by atoms with Gasteiger partial charge in [0.25, 0.3) is 0 Å². The molecule has 1 aliphatic rings. The Bertz CT molecular complexity index is 1640. The Morgan fingerprint density at radius 2 is 1.74 bits per heavy atom. The summed E-state index contributed by atoms with van der Waals surface area (Å²) >= 11 is 0. The Morgan fingerprint density at radius 3 is 2.45 bits per heavy atom. The fraction of sp³-hybridized carbons (Fsp3) is 0.355. The van der Waals surface area contributed by atoms with Gasteiger partial charge in [0.1, 0.15) is 34.4 Å². The number of amides is 1. The summed E-state index contributed by atoms with van der Waals surface area (Å²) in [4.78, 5) is 38.3. The summed E-state index contributed by atoms with van der Waals surface area (Å²) in [6.45, 7) is 8.56. The predicted octanol–water partition coefficient (Wildman–Crippen LogP) is 4.66. The molecule has 1 N–H and O–H groups in total. The molecule has 0 unspecified atom stereocenters. The largest absolute Gasteiger partial charge is 0.497 e. The third-order valence-corrected chi connectivity index (χ3v) is 6.95. The highest BCUT2D eigenvalue weighted by molar-refractivity contribution is 5.78. The number of carbonyl (C=O) groups is 1. The number of pyridine rings is 3. The molecule has 220 valence electrons. The van der Waals surface area contributed by atoms with E-state index in [4.69, 9.17) is 19.2 Å². The number of nitrogens with one attached hydrogen (secondary N) is 1. The molecule has 0 radical (unpaired) electrons. The lowest BCUT2D eigenvalue weighted by Crippen LogP contribution is -2.50. The van der Waals surface area contributed by atoms with Crippen molar-refractivity contribution in [2.45, 2.75) is 32.9 Å². The van der Waals surface area contributed by atoms with E-state index in [1.165, 1.54) is 0 Å². The van der Waals surface area contributed by atoms with Gasteiger partial charge >= 0.3 is 6.09 Å². The van der Waals surface area contributed by atoms with Crippen LogP contribution in [0, 0.1) is 0 Å². The number of benzene rings is 1. The minimum Gasteiger partial charge on any atom is -0.497 e. The van der Waals surface area contributed by atoms with Crippen LogP contribution in [0.4, 0.5) is 22.1 Å². The number of hydrogen-bond donors (Lipinski definition) is 1. The number of aromatic nitrogens is 3. The van der Waals surface area contributed by atoms with Crippen LogP contribution in [0.5, 0.6) is 11.5 Å². The monoisotopic (exact) mass is 572 g/mol. The zero-order valence-corrected chi connectivity index (χ0v) is 24.6. The molecule has 0 atom stereocenters. The highest BCUT2D eigenvalue weighted by Gasteiger charge is 2.26. The second-order valence-electron chi connectivity index (χ2n) is 11.0. The van der Waals surface area contributed by atoms with E-state index in [0.29, 0.717) is 66.9 Å². The predicted molar refractivity (Wildman–Crippen MR) is 162 cm³/mol. The minimum absolute atomic E-state index is 0.104. The number of nitrogens with zero attached hydrogens (tertiary/aromatic N) is 5. The Kier molecular flexibility index (Phi) is 8.19. The molecule has 4 heterocycles. The van der Waals surface area contributed by atoms with Gasteiger partial charge in [-0.2, -0.15) is 0 Å². The molecule has 11 nitrogen and oxygen atoms in total. The molecule has 0 aliphatic carbocycles. The van der Waals surface area contributed by atoms with Crippen molar-refractivity contribution >= 4 is 34.4 Å². The number of ether oxygens (including phenoxy) is 3. The van der Waals surface area contributed by atoms with E-state index in [1.54, 1.807) is 49.7 Å². The third-order valence-electron chi connectivity index (χ3n) is 6.95. The molecule has 1 fully saturated rings. The number of hydrogen-bond acceptors (Lipinski definition) is 9. The van der Waals surface area contributed by atoms with E-state index < -0.39 is 5.60 Å². The van der Waals surface area contributed by atoms with Crippen LogP contribution in [0.2, 0.25) is 0 Å². The number of rotatable bonds is 7. The number of piperazine rings is 1. The second-order valence-corrected chi connectivity index (χ2v) is 11.0. The fourth-order valence-electron chi connectivity index (χ4n) is 4.83. The van der Waals surface area contributed by atoms with E-state index >= 15 is 0 Å². The normalized spacial score (nSPS) is 13.6. The van der Waals surface area contributed by atoms with Gasteiger partial charge in [-0.05, 0) is 51.1 Å². The van der Waals surface area contributed by atoms with Crippen LogP contribution in [0.25, 0.3) is 11.0 Å². The van der Waals surface area contributed by atoms with Gasteiger partial charge in [0.05, 0.1) is 26.2 Å². The summed E-state index contributed by atoms with van der Waals surface area (Å²) in [5, 5.41) is 3.80. The van der Waals surface area contributed by atoms with E-state index in [0.717, 1.165) is 11.3 Å². The van der Waals surface area contributed by atoms with Gasteiger partial charge in [0, 0.05) is 68.0 Å². The highest BCUT2D eigenvalue weighted by Crippen LogP contribution is 2.27. The molecule has 3 aromatic heterocycles. The number of anilines is 3. The van der Waals surface area contributed by atoms with Crippen molar-refractivity contribution in [3.63, 3.8) is 0 Å². The number of methoxy groups -OCH3 is 2. The molecule has 0 spiro atoms. The smallest absolute Gasteiger partial charge is 0.410 e. The first-order valence-electron chi connectivity index (χ1n) is 13.8. The molecule has 5 rings (SSSR count). The molecular formula is C31H36N6O5. The zero-order chi connectivity index (χ0) is 29.9. The Morgan fingerprint density at radius 1 is 0.952 bits per heavy atom. The average molecular weight is 573 g/mol. The molecule has 42 heavy (non-hydrogen) atoms. The summed E-state index contributed by atoms with van der Waals surface area (Å²) in [5.74, 6) is 2.56. The molecule has 1 aromatic carbocycles.